The van der Waals surface area contributed by atoms with Crippen LogP contribution in [0.4, 0.5) is 0 Å². The van der Waals surface area contributed by atoms with E-state index < -0.39 is 0 Å². The summed E-state index contributed by atoms with van der Waals surface area (Å²) in [6.45, 7) is 0. The van der Waals surface area contributed by atoms with Crippen molar-refractivity contribution in [1.82, 2.24) is 4.57 Å². The van der Waals surface area contributed by atoms with Crippen molar-refractivity contribution in [3.05, 3.63) is 97.2 Å². The molecule has 0 N–H and O–H groups in total. The highest BCUT2D eigenvalue weighted by molar-refractivity contribution is 6.11. The fraction of sp³-hybridized carbons (Fsp3) is 0.0370. The van der Waals surface area contributed by atoms with E-state index in [4.69, 9.17) is 0 Å². The van der Waals surface area contributed by atoms with E-state index in [2.05, 4.69) is 109 Å². The van der Waals surface area contributed by atoms with Gasteiger partial charge in [0.15, 0.2) is 0 Å². The Morgan fingerprint density at radius 1 is 0.464 bits per heavy atom. The first-order valence-electron chi connectivity index (χ1n) is 9.69. The molecule has 0 saturated heterocycles. The molecule has 1 heterocycles. The molecule has 28 heavy (non-hydrogen) atoms. The maximum atomic E-state index is 2.29. The quantitative estimate of drug-likeness (QED) is 0.272. The molecule has 1 aliphatic carbocycles. The van der Waals surface area contributed by atoms with Gasteiger partial charge < -0.3 is 4.57 Å². The summed E-state index contributed by atoms with van der Waals surface area (Å²) >= 11 is 0. The van der Waals surface area contributed by atoms with Crippen molar-refractivity contribution in [1.29, 1.82) is 0 Å². The minimum Gasteiger partial charge on any atom is -0.351 e. The summed E-state index contributed by atoms with van der Waals surface area (Å²) in [5, 5.41) is 1.31. The van der Waals surface area contributed by atoms with Crippen LogP contribution in [0.2, 0.25) is 0 Å². The van der Waals surface area contributed by atoms with Crippen molar-refractivity contribution in [2.45, 2.75) is 0 Å². The first-order chi connectivity index (χ1) is 13.8. The predicted molar refractivity (Wildman–Crippen MR) is 118 cm³/mol. The van der Waals surface area contributed by atoms with E-state index in [1.54, 1.807) is 0 Å². The Bertz CT molecular complexity index is 1360. The second kappa shape index (κ2) is 5.71. The minimum atomic E-state index is 1.26. The van der Waals surface area contributed by atoms with E-state index in [-0.39, 0.29) is 0 Å². The van der Waals surface area contributed by atoms with Crippen molar-refractivity contribution < 1.29 is 0 Å². The molecular formula is C27H19N. The van der Waals surface area contributed by atoms with Crippen LogP contribution in [0.1, 0.15) is 0 Å². The fourth-order valence-corrected chi connectivity index (χ4v) is 4.71. The molecule has 0 bridgehead atoms. The molecule has 1 nitrogen and oxygen atoms in total. The van der Waals surface area contributed by atoms with Gasteiger partial charge in [-0.3, -0.25) is 0 Å². The molecule has 1 heteroatoms. The van der Waals surface area contributed by atoms with E-state index in [1.807, 2.05) is 0 Å². The Morgan fingerprint density at radius 2 is 0.929 bits per heavy atom. The van der Waals surface area contributed by atoms with E-state index in [9.17, 15) is 0 Å². The van der Waals surface area contributed by atoms with E-state index in [1.165, 1.54) is 55.4 Å². The largest absolute Gasteiger partial charge is 0.351 e. The second-order valence-corrected chi connectivity index (χ2v) is 7.48. The number of aryl methyl sites for hydroxylation is 1. The van der Waals surface area contributed by atoms with Crippen molar-refractivity contribution in [2.75, 3.05) is 0 Å². The SMILES string of the molecule is Cn1ccc2c3c(ccc21)-c1ccccc1-c1ccccc1-c1ccccc1-3. The molecule has 0 fully saturated rings. The number of aromatic nitrogens is 1. The lowest BCUT2D eigenvalue weighted by Crippen LogP contribution is -1.97. The standard InChI is InChI=1S/C27H19N/c1-28-17-16-25-26(28)15-14-24-22-12-5-4-10-20(22)18-8-2-3-9-19(18)21-11-6-7-13-23(21)27(24)25/h2-17H,1H3. The van der Waals surface area contributed by atoms with Crippen LogP contribution in [-0.2, 0) is 7.05 Å². The lowest BCUT2D eigenvalue weighted by Gasteiger charge is -2.23. The summed E-state index contributed by atoms with van der Waals surface area (Å²) < 4.78 is 2.21. The zero-order valence-corrected chi connectivity index (χ0v) is 15.7. The van der Waals surface area contributed by atoms with Gasteiger partial charge in [0.05, 0.1) is 0 Å². The van der Waals surface area contributed by atoms with Crippen LogP contribution < -0.4 is 0 Å². The minimum absolute atomic E-state index is 1.26. The van der Waals surface area contributed by atoms with Gasteiger partial charge in [0, 0.05) is 24.1 Å². The first kappa shape index (κ1) is 15.5. The Hall–Kier alpha value is -3.58. The topological polar surface area (TPSA) is 4.93 Å². The second-order valence-electron chi connectivity index (χ2n) is 7.48. The van der Waals surface area contributed by atoms with Crippen molar-refractivity contribution in [2.24, 2.45) is 7.05 Å². The average Bonchev–Trinajstić information content (AvgIpc) is 3.13. The lowest BCUT2D eigenvalue weighted by atomic mass is 9.80. The zero-order chi connectivity index (χ0) is 18.7. The number of hydrogen-bond acceptors (Lipinski definition) is 0. The molecule has 4 aromatic carbocycles. The molecule has 6 rings (SSSR count). The summed E-state index contributed by atoms with van der Waals surface area (Å²) in [6.07, 6.45) is 2.16. The maximum Gasteiger partial charge on any atom is 0.0484 e. The smallest absolute Gasteiger partial charge is 0.0484 e. The van der Waals surface area contributed by atoms with Gasteiger partial charge in [0.1, 0.15) is 0 Å². The van der Waals surface area contributed by atoms with Gasteiger partial charge in [0.25, 0.3) is 0 Å². The normalized spacial score (nSPS) is 11.8. The highest BCUT2D eigenvalue weighted by Crippen LogP contribution is 2.49. The predicted octanol–water partition coefficient (Wildman–Crippen LogP) is 7.16. The Balaban J connectivity index is 1.88. The molecule has 132 valence electrons. The molecule has 0 unspecified atom stereocenters. The van der Waals surface area contributed by atoms with Gasteiger partial charge in [0.2, 0.25) is 0 Å². The van der Waals surface area contributed by atoms with Gasteiger partial charge in [-0.1, -0.05) is 78.9 Å². The molecule has 1 aliphatic rings. The van der Waals surface area contributed by atoms with Gasteiger partial charge in [-0.15, -0.1) is 0 Å². The van der Waals surface area contributed by atoms with Crippen LogP contribution in [0.15, 0.2) is 97.2 Å². The third-order valence-corrected chi connectivity index (χ3v) is 5.99. The van der Waals surface area contributed by atoms with Crippen molar-refractivity contribution in [3.8, 4) is 44.5 Å². The molecule has 0 spiro atoms. The fourth-order valence-electron chi connectivity index (χ4n) is 4.71. The van der Waals surface area contributed by atoms with Gasteiger partial charge in [-0.2, -0.15) is 0 Å². The molecule has 0 saturated carbocycles. The number of fused-ring (bicyclic) bond motifs is 10. The van der Waals surface area contributed by atoms with Gasteiger partial charge in [-0.25, -0.2) is 0 Å². The third-order valence-electron chi connectivity index (χ3n) is 5.99. The van der Waals surface area contributed by atoms with Crippen LogP contribution in [-0.4, -0.2) is 4.57 Å². The van der Waals surface area contributed by atoms with Crippen LogP contribution in [0, 0.1) is 0 Å². The highest BCUT2D eigenvalue weighted by Gasteiger charge is 2.23. The van der Waals surface area contributed by atoms with Gasteiger partial charge >= 0.3 is 0 Å². The molecule has 0 aliphatic heterocycles. The lowest BCUT2D eigenvalue weighted by molar-refractivity contribution is 0.969. The molecule has 0 radical (unpaired) electrons. The van der Waals surface area contributed by atoms with Crippen LogP contribution in [0.3, 0.4) is 0 Å². The highest BCUT2D eigenvalue weighted by atomic mass is 14.9. The Morgan fingerprint density at radius 3 is 1.50 bits per heavy atom. The Kier molecular flexibility index (Phi) is 3.15. The van der Waals surface area contributed by atoms with E-state index in [0.29, 0.717) is 0 Å². The van der Waals surface area contributed by atoms with E-state index in [0.717, 1.165) is 0 Å². The van der Waals surface area contributed by atoms with Crippen LogP contribution in [0.25, 0.3) is 55.4 Å². The summed E-state index contributed by atoms with van der Waals surface area (Å²) in [6, 6.07) is 33.2. The number of benzene rings is 4. The molecule has 1 aromatic heterocycles. The third kappa shape index (κ3) is 2.02. The number of rotatable bonds is 0. The zero-order valence-electron chi connectivity index (χ0n) is 15.7. The summed E-state index contributed by atoms with van der Waals surface area (Å²) in [5.74, 6) is 0. The summed E-state index contributed by atoms with van der Waals surface area (Å²) in [5.41, 5.74) is 11.7. The number of nitrogens with zero attached hydrogens (tertiary/aromatic N) is 1. The monoisotopic (exact) mass is 357 g/mol. The maximum absolute atomic E-state index is 2.29. The van der Waals surface area contributed by atoms with Gasteiger partial charge in [-0.05, 0) is 56.6 Å². The average molecular weight is 357 g/mol. The summed E-state index contributed by atoms with van der Waals surface area (Å²) in [7, 11) is 2.12. The van der Waals surface area contributed by atoms with Crippen LogP contribution in [0.5, 0.6) is 0 Å². The number of hydrogen-bond donors (Lipinski definition) is 0. The van der Waals surface area contributed by atoms with Crippen molar-refractivity contribution in [3.63, 3.8) is 0 Å². The molecule has 5 aromatic rings. The Labute approximate surface area is 164 Å². The molecule has 0 atom stereocenters. The van der Waals surface area contributed by atoms with Crippen molar-refractivity contribution >= 4 is 10.9 Å². The van der Waals surface area contributed by atoms with E-state index >= 15 is 0 Å². The van der Waals surface area contributed by atoms with Crippen LogP contribution >= 0.6 is 0 Å². The molecular weight excluding hydrogens is 338 g/mol. The first-order valence-corrected chi connectivity index (χ1v) is 9.69. The summed E-state index contributed by atoms with van der Waals surface area (Å²) in [4.78, 5) is 0. The molecule has 0 amide bonds.